The fourth-order valence-corrected chi connectivity index (χ4v) is 2.33. The monoisotopic (exact) mass is 302 g/mol. The van der Waals surface area contributed by atoms with Crippen molar-refractivity contribution in [3.63, 3.8) is 0 Å². The van der Waals surface area contributed by atoms with Crippen molar-refractivity contribution >= 4 is 5.91 Å². The van der Waals surface area contributed by atoms with Gasteiger partial charge in [-0.25, -0.2) is 0 Å². The molecule has 1 saturated heterocycles. The lowest BCUT2D eigenvalue weighted by molar-refractivity contribution is -0.132. The number of rotatable bonds is 10. The molecule has 6 nitrogen and oxygen atoms in total. The summed E-state index contributed by atoms with van der Waals surface area (Å²) in [5.41, 5.74) is 0. The van der Waals surface area contributed by atoms with Crippen LogP contribution in [0.3, 0.4) is 0 Å². The molecular formula is C15H30N2O4. The average molecular weight is 302 g/mol. The summed E-state index contributed by atoms with van der Waals surface area (Å²) in [4.78, 5) is 13.6. The van der Waals surface area contributed by atoms with Gasteiger partial charge in [-0.2, -0.15) is 0 Å². The van der Waals surface area contributed by atoms with Gasteiger partial charge in [0.25, 0.3) is 0 Å². The number of nitrogens with one attached hydrogen (secondary N) is 1. The van der Waals surface area contributed by atoms with Crippen molar-refractivity contribution < 1.29 is 19.4 Å². The Kier molecular flexibility index (Phi) is 8.84. The van der Waals surface area contributed by atoms with Gasteiger partial charge >= 0.3 is 0 Å². The maximum atomic E-state index is 12.0. The summed E-state index contributed by atoms with van der Waals surface area (Å²) in [5.74, 6) is 0.0663. The number of aliphatic hydroxyl groups is 1. The molecule has 0 aromatic rings. The standard InChI is InChI=1S/C15H30N2O4/c1-12(2)21-8-7-20-11-14(18)10-17(3)15(19)9-13-5-4-6-16-13/h12-14,16,18H,4-11H2,1-3H3. The largest absolute Gasteiger partial charge is 0.389 e. The minimum absolute atomic E-state index is 0.0663. The smallest absolute Gasteiger partial charge is 0.223 e. The Hall–Kier alpha value is -0.690. The van der Waals surface area contributed by atoms with E-state index in [1.165, 1.54) is 0 Å². The molecule has 1 aliphatic heterocycles. The van der Waals surface area contributed by atoms with Gasteiger partial charge in [0.2, 0.25) is 5.91 Å². The van der Waals surface area contributed by atoms with Crippen molar-refractivity contribution in [3.05, 3.63) is 0 Å². The summed E-state index contributed by atoms with van der Waals surface area (Å²) < 4.78 is 10.7. The topological polar surface area (TPSA) is 71.0 Å². The van der Waals surface area contributed by atoms with Crippen LogP contribution in [0.2, 0.25) is 0 Å². The molecule has 21 heavy (non-hydrogen) atoms. The Morgan fingerprint density at radius 3 is 2.81 bits per heavy atom. The SMILES string of the molecule is CC(C)OCCOCC(O)CN(C)C(=O)CC1CCCN1. The van der Waals surface area contributed by atoms with Crippen LogP contribution in [0.15, 0.2) is 0 Å². The van der Waals surface area contributed by atoms with Crippen LogP contribution in [0.4, 0.5) is 0 Å². The second kappa shape index (κ2) is 10.1. The number of hydrogen-bond donors (Lipinski definition) is 2. The highest BCUT2D eigenvalue weighted by Gasteiger charge is 2.21. The Labute approximate surface area is 127 Å². The molecule has 1 amide bonds. The van der Waals surface area contributed by atoms with Crippen LogP contribution in [0.1, 0.15) is 33.1 Å². The van der Waals surface area contributed by atoms with Crippen molar-refractivity contribution in [3.8, 4) is 0 Å². The lowest BCUT2D eigenvalue weighted by Gasteiger charge is -2.22. The molecule has 1 fully saturated rings. The third-order valence-electron chi connectivity index (χ3n) is 3.48. The van der Waals surface area contributed by atoms with Gasteiger partial charge in [-0.05, 0) is 33.2 Å². The molecule has 0 spiro atoms. The van der Waals surface area contributed by atoms with E-state index < -0.39 is 6.10 Å². The quantitative estimate of drug-likeness (QED) is 0.571. The number of aliphatic hydroxyl groups excluding tert-OH is 1. The van der Waals surface area contributed by atoms with Crippen LogP contribution < -0.4 is 5.32 Å². The first kappa shape index (κ1) is 18.4. The molecule has 0 bridgehead atoms. The van der Waals surface area contributed by atoms with Crippen LogP contribution in [-0.2, 0) is 14.3 Å². The van der Waals surface area contributed by atoms with Gasteiger partial charge < -0.3 is 24.8 Å². The van der Waals surface area contributed by atoms with Gasteiger partial charge in [-0.1, -0.05) is 0 Å². The minimum atomic E-state index is -0.658. The van der Waals surface area contributed by atoms with E-state index in [4.69, 9.17) is 9.47 Å². The molecule has 1 heterocycles. The van der Waals surface area contributed by atoms with Crippen LogP contribution in [0.25, 0.3) is 0 Å². The number of nitrogens with zero attached hydrogens (tertiary/aromatic N) is 1. The molecule has 1 aliphatic rings. The fourth-order valence-electron chi connectivity index (χ4n) is 2.33. The van der Waals surface area contributed by atoms with E-state index in [0.29, 0.717) is 32.2 Å². The van der Waals surface area contributed by atoms with Crippen LogP contribution in [-0.4, -0.2) is 74.1 Å². The lowest BCUT2D eigenvalue weighted by Crippen LogP contribution is -2.39. The van der Waals surface area contributed by atoms with Crippen LogP contribution >= 0.6 is 0 Å². The Bertz CT molecular complexity index is 293. The van der Waals surface area contributed by atoms with Crippen molar-refractivity contribution in [2.45, 2.75) is 51.4 Å². The molecule has 0 aliphatic carbocycles. The van der Waals surface area contributed by atoms with Gasteiger partial charge in [0.05, 0.1) is 32.0 Å². The van der Waals surface area contributed by atoms with E-state index in [-0.39, 0.29) is 18.6 Å². The first-order valence-corrected chi connectivity index (χ1v) is 7.83. The summed E-state index contributed by atoms with van der Waals surface area (Å²) >= 11 is 0. The maximum Gasteiger partial charge on any atom is 0.223 e. The van der Waals surface area contributed by atoms with E-state index in [0.717, 1.165) is 19.4 Å². The fraction of sp³-hybridized carbons (Fsp3) is 0.933. The van der Waals surface area contributed by atoms with Crippen molar-refractivity contribution in [2.24, 2.45) is 0 Å². The molecule has 2 atom stereocenters. The van der Waals surface area contributed by atoms with Gasteiger partial charge in [0, 0.05) is 26.1 Å². The summed E-state index contributed by atoms with van der Waals surface area (Å²) in [6, 6.07) is 0.293. The van der Waals surface area contributed by atoms with E-state index in [1.54, 1.807) is 11.9 Å². The number of hydrogen-bond acceptors (Lipinski definition) is 5. The number of likely N-dealkylation sites (N-methyl/N-ethyl adjacent to an activating group) is 1. The molecule has 0 radical (unpaired) electrons. The Morgan fingerprint density at radius 1 is 1.43 bits per heavy atom. The highest BCUT2D eigenvalue weighted by Crippen LogP contribution is 2.10. The average Bonchev–Trinajstić information content (AvgIpc) is 2.90. The van der Waals surface area contributed by atoms with E-state index in [2.05, 4.69) is 5.32 Å². The molecule has 2 unspecified atom stereocenters. The first-order chi connectivity index (χ1) is 9.99. The van der Waals surface area contributed by atoms with Gasteiger partial charge in [0.1, 0.15) is 0 Å². The highest BCUT2D eigenvalue weighted by atomic mass is 16.5. The van der Waals surface area contributed by atoms with Gasteiger partial charge in [-0.15, -0.1) is 0 Å². The minimum Gasteiger partial charge on any atom is -0.389 e. The maximum absolute atomic E-state index is 12.0. The van der Waals surface area contributed by atoms with Crippen LogP contribution in [0, 0.1) is 0 Å². The van der Waals surface area contributed by atoms with Gasteiger partial charge in [0.15, 0.2) is 0 Å². The normalized spacial score (nSPS) is 20.0. The zero-order chi connectivity index (χ0) is 15.7. The Morgan fingerprint density at radius 2 is 2.19 bits per heavy atom. The third kappa shape index (κ3) is 8.36. The summed E-state index contributed by atoms with van der Waals surface area (Å²) in [5, 5.41) is 13.2. The zero-order valence-electron chi connectivity index (χ0n) is 13.5. The van der Waals surface area contributed by atoms with E-state index in [1.807, 2.05) is 13.8 Å². The van der Waals surface area contributed by atoms with E-state index in [9.17, 15) is 9.90 Å². The van der Waals surface area contributed by atoms with Gasteiger partial charge in [-0.3, -0.25) is 4.79 Å². The molecule has 6 heteroatoms. The zero-order valence-corrected chi connectivity index (χ0v) is 13.5. The molecule has 1 rings (SSSR count). The second-order valence-corrected chi connectivity index (χ2v) is 5.92. The molecule has 0 aromatic heterocycles. The van der Waals surface area contributed by atoms with Crippen LogP contribution in [0.5, 0.6) is 0 Å². The number of carbonyl (C=O) groups is 1. The molecule has 124 valence electrons. The Balaban J connectivity index is 2.08. The summed E-state index contributed by atoms with van der Waals surface area (Å²) in [7, 11) is 1.72. The predicted molar refractivity (Wildman–Crippen MR) is 81.2 cm³/mol. The molecular weight excluding hydrogens is 272 g/mol. The van der Waals surface area contributed by atoms with Crippen molar-refractivity contribution in [1.82, 2.24) is 10.2 Å². The number of carbonyl (C=O) groups excluding carboxylic acids is 1. The number of ether oxygens (including phenoxy) is 2. The highest BCUT2D eigenvalue weighted by molar-refractivity contribution is 5.76. The predicted octanol–water partition coefficient (Wildman–Crippen LogP) is 0.389. The summed E-state index contributed by atoms with van der Waals surface area (Å²) in [6.07, 6.45) is 2.23. The van der Waals surface area contributed by atoms with E-state index >= 15 is 0 Å². The number of amides is 1. The summed E-state index contributed by atoms with van der Waals surface area (Å²) in [6.45, 7) is 6.43. The first-order valence-electron chi connectivity index (χ1n) is 7.83. The van der Waals surface area contributed by atoms with Crippen molar-refractivity contribution in [1.29, 1.82) is 0 Å². The molecule has 0 saturated carbocycles. The third-order valence-corrected chi connectivity index (χ3v) is 3.48. The second-order valence-electron chi connectivity index (χ2n) is 5.92. The lowest BCUT2D eigenvalue weighted by atomic mass is 10.1. The molecule has 2 N–H and O–H groups in total. The molecule has 0 aromatic carbocycles. The van der Waals surface area contributed by atoms with Crippen molar-refractivity contribution in [2.75, 3.05) is 40.0 Å².